The van der Waals surface area contributed by atoms with Gasteiger partial charge >= 0.3 is 12.6 Å². The fourth-order valence-electron chi connectivity index (χ4n) is 3.17. The van der Waals surface area contributed by atoms with Crippen LogP contribution < -0.4 is 20.1 Å². The van der Waals surface area contributed by atoms with Crippen molar-refractivity contribution in [2.24, 2.45) is 0 Å². The van der Waals surface area contributed by atoms with Crippen molar-refractivity contribution in [3.8, 4) is 11.5 Å². The van der Waals surface area contributed by atoms with E-state index < -0.39 is 24.4 Å². The summed E-state index contributed by atoms with van der Waals surface area (Å²) in [5, 5.41) is 4.49. The molecule has 1 fully saturated rings. The molecular formula is C22H24F3N3O4. The highest BCUT2D eigenvalue weighted by molar-refractivity contribution is 6.01. The minimum atomic E-state index is -2.97. The van der Waals surface area contributed by atoms with Crippen LogP contribution in [0.3, 0.4) is 0 Å². The summed E-state index contributed by atoms with van der Waals surface area (Å²) < 4.78 is 48.7. The summed E-state index contributed by atoms with van der Waals surface area (Å²) in [5.74, 6) is -1.03. The summed E-state index contributed by atoms with van der Waals surface area (Å²) in [6, 6.07) is 9.58. The second kappa shape index (κ2) is 10.9. The molecule has 1 aliphatic rings. The van der Waals surface area contributed by atoms with Gasteiger partial charge in [-0.25, -0.2) is 9.18 Å². The van der Waals surface area contributed by atoms with Gasteiger partial charge in [-0.05, 0) is 49.6 Å². The minimum Gasteiger partial charge on any atom is -0.490 e. The van der Waals surface area contributed by atoms with Crippen LogP contribution in [-0.4, -0.2) is 42.6 Å². The zero-order chi connectivity index (χ0) is 23.1. The van der Waals surface area contributed by atoms with Gasteiger partial charge in [0.1, 0.15) is 5.82 Å². The van der Waals surface area contributed by atoms with Crippen LogP contribution in [0.1, 0.15) is 25.3 Å². The molecule has 0 saturated heterocycles. The van der Waals surface area contributed by atoms with E-state index in [0.29, 0.717) is 6.54 Å². The normalized spacial score (nSPS) is 13.2. The Balaban J connectivity index is 1.61. The van der Waals surface area contributed by atoms with Crippen molar-refractivity contribution in [1.82, 2.24) is 10.2 Å². The molecule has 0 bridgehead atoms. The first-order valence-electron chi connectivity index (χ1n) is 10.2. The number of carbonyl (C=O) groups is 2. The molecule has 1 aliphatic carbocycles. The van der Waals surface area contributed by atoms with Gasteiger partial charge in [-0.2, -0.15) is 8.78 Å². The number of anilines is 1. The van der Waals surface area contributed by atoms with E-state index >= 15 is 0 Å². The third-order valence-electron chi connectivity index (χ3n) is 4.69. The maximum Gasteiger partial charge on any atom is 0.387 e. The molecule has 0 atom stereocenters. The van der Waals surface area contributed by atoms with Crippen molar-refractivity contribution in [2.45, 2.75) is 39.0 Å². The maximum absolute atomic E-state index is 13.6. The van der Waals surface area contributed by atoms with Crippen molar-refractivity contribution in [3.05, 3.63) is 53.8 Å². The highest BCUT2D eigenvalue weighted by Crippen LogP contribution is 2.32. The molecule has 0 aromatic heterocycles. The molecule has 0 spiro atoms. The second-order valence-electron chi connectivity index (χ2n) is 7.21. The molecule has 0 heterocycles. The van der Waals surface area contributed by atoms with Gasteiger partial charge in [-0.15, -0.1) is 0 Å². The molecule has 2 aromatic rings. The van der Waals surface area contributed by atoms with Gasteiger partial charge in [0, 0.05) is 12.6 Å². The number of ether oxygens (including phenoxy) is 2. The predicted molar refractivity (Wildman–Crippen MR) is 111 cm³/mol. The zero-order valence-electron chi connectivity index (χ0n) is 17.4. The van der Waals surface area contributed by atoms with Crippen LogP contribution in [0, 0.1) is 5.82 Å². The first-order valence-corrected chi connectivity index (χ1v) is 10.2. The van der Waals surface area contributed by atoms with E-state index in [0.717, 1.165) is 18.4 Å². The van der Waals surface area contributed by atoms with Gasteiger partial charge in [0.15, 0.2) is 11.5 Å². The van der Waals surface area contributed by atoms with E-state index in [1.165, 1.54) is 24.3 Å². The number of halogens is 3. The third kappa shape index (κ3) is 6.88. The molecule has 0 aliphatic heterocycles. The van der Waals surface area contributed by atoms with Crippen molar-refractivity contribution in [1.29, 1.82) is 0 Å². The van der Waals surface area contributed by atoms with E-state index in [-0.39, 0.29) is 36.4 Å². The lowest BCUT2D eigenvalue weighted by Gasteiger charge is -2.22. The molecule has 0 unspecified atom stereocenters. The molecule has 3 amide bonds. The number of benzene rings is 2. The maximum atomic E-state index is 13.6. The van der Waals surface area contributed by atoms with Gasteiger partial charge in [-0.1, -0.05) is 18.2 Å². The van der Waals surface area contributed by atoms with Crippen LogP contribution in [0.2, 0.25) is 0 Å². The van der Waals surface area contributed by atoms with E-state index in [1.54, 1.807) is 25.1 Å². The molecule has 0 radical (unpaired) electrons. The Morgan fingerprint density at radius 2 is 1.91 bits per heavy atom. The van der Waals surface area contributed by atoms with Gasteiger partial charge in [-0.3, -0.25) is 15.0 Å². The summed E-state index contributed by atoms with van der Waals surface area (Å²) in [6.45, 7) is -0.681. The molecule has 10 heteroatoms. The molecule has 172 valence electrons. The van der Waals surface area contributed by atoms with E-state index in [9.17, 15) is 22.8 Å². The fraction of sp³-hybridized carbons (Fsp3) is 0.364. The van der Waals surface area contributed by atoms with Crippen molar-refractivity contribution < 1.29 is 32.2 Å². The quantitative estimate of drug-likeness (QED) is 0.568. The second-order valence-corrected chi connectivity index (χ2v) is 7.21. The summed E-state index contributed by atoms with van der Waals surface area (Å²) in [4.78, 5) is 26.3. The average molecular weight is 451 g/mol. The number of carbonyl (C=O) groups excluding carboxylic acids is 2. The van der Waals surface area contributed by atoms with Crippen LogP contribution in [0.5, 0.6) is 11.5 Å². The number of para-hydroxylation sites is 1. The highest BCUT2D eigenvalue weighted by Gasteiger charge is 2.31. The fourth-order valence-corrected chi connectivity index (χ4v) is 3.17. The SMILES string of the molecule is CCOc1cc(CN(CC(=O)NC(=O)Nc2ccccc2F)C2CC2)ccc1OC(F)F. The first-order chi connectivity index (χ1) is 15.4. The lowest BCUT2D eigenvalue weighted by Crippen LogP contribution is -2.42. The number of nitrogens with zero attached hydrogens (tertiary/aromatic N) is 1. The number of alkyl halides is 2. The molecule has 2 aromatic carbocycles. The number of rotatable bonds is 10. The molecule has 2 N–H and O–H groups in total. The van der Waals surface area contributed by atoms with Crippen LogP contribution in [-0.2, 0) is 11.3 Å². The van der Waals surface area contributed by atoms with Crippen molar-refractivity contribution in [2.75, 3.05) is 18.5 Å². The number of urea groups is 1. The topological polar surface area (TPSA) is 79.9 Å². The number of amides is 3. The van der Waals surface area contributed by atoms with E-state index in [1.807, 2.05) is 4.90 Å². The van der Waals surface area contributed by atoms with Gasteiger partial charge in [0.25, 0.3) is 0 Å². The Kier molecular flexibility index (Phi) is 7.93. The number of hydrogen-bond acceptors (Lipinski definition) is 5. The van der Waals surface area contributed by atoms with Crippen LogP contribution in [0.4, 0.5) is 23.7 Å². The Bertz CT molecular complexity index is 954. The predicted octanol–water partition coefficient (Wildman–Crippen LogP) is 4.14. The van der Waals surface area contributed by atoms with Crippen molar-refractivity contribution >= 4 is 17.6 Å². The summed E-state index contributed by atoms with van der Waals surface area (Å²) in [7, 11) is 0. The van der Waals surface area contributed by atoms with Crippen molar-refractivity contribution in [3.63, 3.8) is 0 Å². The molecule has 1 saturated carbocycles. The highest BCUT2D eigenvalue weighted by atomic mass is 19.3. The molecule has 32 heavy (non-hydrogen) atoms. The van der Waals surface area contributed by atoms with Gasteiger partial charge in [0.05, 0.1) is 18.8 Å². The largest absolute Gasteiger partial charge is 0.490 e. The average Bonchev–Trinajstić information content (AvgIpc) is 3.56. The Morgan fingerprint density at radius 3 is 2.56 bits per heavy atom. The monoisotopic (exact) mass is 451 g/mol. The molecular weight excluding hydrogens is 427 g/mol. The Morgan fingerprint density at radius 1 is 1.16 bits per heavy atom. The first kappa shape index (κ1) is 23.4. The number of hydrogen-bond donors (Lipinski definition) is 2. The Hall–Kier alpha value is -3.27. The molecule has 7 nitrogen and oxygen atoms in total. The number of nitrogens with one attached hydrogen (secondary N) is 2. The van der Waals surface area contributed by atoms with Crippen LogP contribution >= 0.6 is 0 Å². The lowest BCUT2D eigenvalue weighted by atomic mass is 10.2. The lowest BCUT2D eigenvalue weighted by molar-refractivity contribution is -0.121. The zero-order valence-corrected chi connectivity index (χ0v) is 17.4. The van der Waals surface area contributed by atoms with E-state index in [4.69, 9.17) is 4.74 Å². The third-order valence-corrected chi connectivity index (χ3v) is 4.69. The Labute approximate surface area is 183 Å². The summed E-state index contributed by atoms with van der Waals surface area (Å²) in [5.41, 5.74) is 0.706. The smallest absolute Gasteiger partial charge is 0.387 e. The van der Waals surface area contributed by atoms with Gasteiger partial charge in [0.2, 0.25) is 5.91 Å². The summed E-state index contributed by atoms with van der Waals surface area (Å²) in [6.07, 6.45) is 1.80. The van der Waals surface area contributed by atoms with E-state index in [2.05, 4.69) is 15.4 Å². The van der Waals surface area contributed by atoms with Crippen LogP contribution in [0.15, 0.2) is 42.5 Å². The number of imide groups is 1. The standard InChI is InChI=1S/C22H24F3N3O4/c1-2-31-19-11-14(7-10-18(19)32-21(24)25)12-28(15-8-9-15)13-20(29)27-22(30)26-17-6-4-3-5-16(17)23/h3-7,10-11,15,21H,2,8-9,12-13H2,1H3,(H2,26,27,29,30). The van der Waals surface area contributed by atoms with Gasteiger partial charge < -0.3 is 14.8 Å². The summed E-state index contributed by atoms with van der Waals surface area (Å²) >= 11 is 0. The van der Waals surface area contributed by atoms with Crippen LogP contribution in [0.25, 0.3) is 0 Å². The molecule has 3 rings (SSSR count). The minimum absolute atomic E-state index is 0.0357.